The SMILES string of the molecule is O=C(OCC1CC1)N1CCc2c([nH]c3ccc(Cl)cc23)[C@@H]1c1ccc(OCC[C@H](O)CO)cc1. The summed E-state index contributed by atoms with van der Waals surface area (Å²) in [6.07, 6.45) is 2.24. The third-order valence-corrected chi connectivity index (χ3v) is 6.82. The first-order chi connectivity index (χ1) is 16.5. The second-order valence-corrected chi connectivity index (χ2v) is 9.55. The number of H-pyrrole nitrogens is 1. The van der Waals surface area contributed by atoms with E-state index in [1.54, 1.807) is 4.90 Å². The summed E-state index contributed by atoms with van der Waals surface area (Å²) in [5.41, 5.74) is 4.10. The summed E-state index contributed by atoms with van der Waals surface area (Å²) in [6, 6.07) is 13.1. The number of hydrogen-bond donors (Lipinski definition) is 3. The number of carbonyl (C=O) groups excluding carboxylic acids is 1. The van der Waals surface area contributed by atoms with Crippen molar-refractivity contribution in [1.29, 1.82) is 0 Å². The van der Waals surface area contributed by atoms with Crippen molar-refractivity contribution in [3.05, 3.63) is 64.3 Å². The summed E-state index contributed by atoms with van der Waals surface area (Å²) < 4.78 is 11.4. The molecule has 0 bridgehead atoms. The van der Waals surface area contributed by atoms with Gasteiger partial charge in [-0.2, -0.15) is 0 Å². The number of fused-ring (bicyclic) bond motifs is 3. The summed E-state index contributed by atoms with van der Waals surface area (Å²) in [6.45, 7) is 1.05. The Morgan fingerprint density at radius 1 is 1.21 bits per heavy atom. The lowest BCUT2D eigenvalue weighted by molar-refractivity contribution is 0.0754. The van der Waals surface area contributed by atoms with Crippen molar-refractivity contribution in [3.63, 3.8) is 0 Å². The van der Waals surface area contributed by atoms with Gasteiger partial charge < -0.3 is 24.7 Å². The average molecular weight is 485 g/mol. The van der Waals surface area contributed by atoms with Crippen LogP contribution in [0.4, 0.5) is 4.79 Å². The highest BCUT2D eigenvalue weighted by atomic mass is 35.5. The summed E-state index contributed by atoms with van der Waals surface area (Å²) in [5, 5.41) is 20.2. The zero-order valence-electron chi connectivity index (χ0n) is 18.9. The molecule has 8 heteroatoms. The highest BCUT2D eigenvalue weighted by molar-refractivity contribution is 6.31. The smallest absolute Gasteiger partial charge is 0.410 e. The molecule has 2 aromatic carbocycles. The number of ether oxygens (including phenoxy) is 2. The molecular formula is C26H29ClN2O5. The molecule has 1 aliphatic carbocycles. The minimum Gasteiger partial charge on any atom is -0.493 e. The standard InChI is InChI=1S/C26H29ClN2O5/c27-18-5-8-23-22(13-18)21-9-11-29(26(32)34-15-16-1-2-16)25(24(21)28-23)17-3-6-20(7-4-17)33-12-10-19(31)14-30/h3-8,13,16,19,25,28,30-31H,1-2,9-12,14-15H2/t19-,25-/m0/s1. The molecule has 0 spiro atoms. The molecule has 0 unspecified atom stereocenters. The molecule has 2 aliphatic rings. The zero-order valence-corrected chi connectivity index (χ0v) is 19.6. The van der Waals surface area contributed by atoms with Crippen LogP contribution >= 0.6 is 11.6 Å². The Hall–Kier alpha value is -2.74. The third kappa shape index (κ3) is 4.87. The highest BCUT2D eigenvalue weighted by Crippen LogP contribution is 2.40. The molecule has 3 aromatic rings. The molecule has 34 heavy (non-hydrogen) atoms. The van der Waals surface area contributed by atoms with E-state index >= 15 is 0 Å². The van der Waals surface area contributed by atoms with Gasteiger partial charge in [0.1, 0.15) is 11.8 Å². The molecule has 3 N–H and O–H groups in total. The Balaban J connectivity index is 1.43. The molecule has 2 heterocycles. The van der Waals surface area contributed by atoms with Crippen molar-refractivity contribution in [2.45, 2.75) is 37.8 Å². The number of aliphatic hydroxyl groups excluding tert-OH is 2. The molecule has 1 aromatic heterocycles. The second-order valence-electron chi connectivity index (χ2n) is 9.12. The molecule has 0 saturated heterocycles. The topological polar surface area (TPSA) is 95.0 Å². The number of benzene rings is 2. The van der Waals surface area contributed by atoms with E-state index in [1.807, 2.05) is 42.5 Å². The lowest BCUT2D eigenvalue weighted by atomic mass is 9.92. The molecular weight excluding hydrogens is 456 g/mol. The summed E-state index contributed by atoms with van der Waals surface area (Å²) in [7, 11) is 0. The van der Waals surface area contributed by atoms with Gasteiger partial charge in [-0.15, -0.1) is 0 Å². The Morgan fingerprint density at radius 2 is 2.00 bits per heavy atom. The molecule has 0 radical (unpaired) electrons. The Kier molecular flexibility index (Phi) is 6.68. The second kappa shape index (κ2) is 9.86. The maximum atomic E-state index is 13.1. The fourth-order valence-electron chi connectivity index (χ4n) is 4.51. The van der Waals surface area contributed by atoms with E-state index in [0.29, 0.717) is 42.9 Å². The molecule has 1 saturated carbocycles. The molecule has 2 atom stereocenters. The predicted octanol–water partition coefficient (Wildman–Crippen LogP) is 4.44. The Labute approximate surface area is 203 Å². The average Bonchev–Trinajstić information content (AvgIpc) is 3.61. The number of aliphatic hydroxyl groups is 2. The fourth-order valence-corrected chi connectivity index (χ4v) is 4.68. The van der Waals surface area contributed by atoms with Crippen LogP contribution in [-0.2, 0) is 11.2 Å². The van der Waals surface area contributed by atoms with Crippen LogP contribution < -0.4 is 4.74 Å². The van der Waals surface area contributed by atoms with Gasteiger partial charge in [0.25, 0.3) is 0 Å². The predicted molar refractivity (Wildman–Crippen MR) is 129 cm³/mol. The van der Waals surface area contributed by atoms with Crippen LogP contribution in [0.3, 0.4) is 0 Å². The van der Waals surface area contributed by atoms with Crippen molar-refractivity contribution >= 4 is 28.6 Å². The van der Waals surface area contributed by atoms with Gasteiger partial charge in [-0.05, 0) is 66.6 Å². The molecule has 7 nitrogen and oxygen atoms in total. The third-order valence-electron chi connectivity index (χ3n) is 6.59. The number of rotatable bonds is 8. The molecule has 1 amide bonds. The number of halogens is 1. The first-order valence-corrected chi connectivity index (χ1v) is 12.2. The van der Waals surface area contributed by atoms with Crippen LogP contribution in [0.15, 0.2) is 42.5 Å². The van der Waals surface area contributed by atoms with Gasteiger partial charge >= 0.3 is 6.09 Å². The normalized spacial score (nSPS) is 18.6. The number of hydrogen-bond acceptors (Lipinski definition) is 5. The number of nitrogens with one attached hydrogen (secondary N) is 1. The van der Waals surface area contributed by atoms with E-state index in [0.717, 1.165) is 41.4 Å². The highest BCUT2D eigenvalue weighted by Gasteiger charge is 2.36. The van der Waals surface area contributed by atoms with Gasteiger partial charge in [-0.1, -0.05) is 23.7 Å². The number of amides is 1. The molecule has 5 rings (SSSR count). The van der Waals surface area contributed by atoms with Crippen LogP contribution in [0.5, 0.6) is 5.75 Å². The Morgan fingerprint density at radius 3 is 2.74 bits per heavy atom. The van der Waals surface area contributed by atoms with Gasteiger partial charge in [0.2, 0.25) is 0 Å². The zero-order chi connectivity index (χ0) is 23.7. The number of carbonyl (C=O) groups is 1. The van der Waals surface area contributed by atoms with E-state index in [4.69, 9.17) is 26.2 Å². The first kappa shape index (κ1) is 23.0. The number of nitrogens with zero attached hydrogens (tertiary/aromatic N) is 1. The van der Waals surface area contributed by atoms with Gasteiger partial charge in [-0.25, -0.2) is 4.79 Å². The maximum Gasteiger partial charge on any atom is 0.410 e. The first-order valence-electron chi connectivity index (χ1n) is 11.8. The van der Waals surface area contributed by atoms with Crippen molar-refractivity contribution in [1.82, 2.24) is 9.88 Å². The molecule has 1 aliphatic heterocycles. The van der Waals surface area contributed by atoms with E-state index in [9.17, 15) is 9.90 Å². The Bertz CT molecular complexity index is 1160. The molecule has 1 fully saturated rings. The number of aromatic nitrogens is 1. The lowest BCUT2D eigenvalue weighted by Crippen LogP contribution is -2.41. The van der Waals surface area contributed by atoms with Gasteiger partial charge in [0, 0.05) is 34.6 Å². The maximum absolute atomic E-state index is 13.1. The van der Waals surface area contributed by atoms with Crippen molar-refractivity contribution in [2.24, 2.45) is 5.92 Å². The van der Waals surface area contributed by atoms with Crippen LogP contribution in [0.1, 0.15) is 42.1 Å². The number of aromatic amines is 1. The summed E-state index contributed by atoms with van der Waals surface area (Å²) in [4.78, 5) is 18.4. The van der Waals surface area contributed by atoms with Crippen molar-refractivity contribution in [2.75, 3.05) is 26.4 Å². The van der Waals surface area contributed by atoms with Crippen LogP contribution in [0, 0.1) is 5.92 Å². The minimum absolute atomic E-state index is 0.283. The van der Waals surface area contributed by atoms with E-state index in [-0.39, 0.29) is 18.7 Å². The fraction of sp³-hybridized carbons (Fsp3) is 0.423. The minimum atomic E-state index is -0.786. The van der Waals surface area contributed by atoms with Crippen LogP contribution in [-0.4, -0.2) is 58.7 Å². The quantitative estimate of drug-likeness (QED) is 0.439. The van der Waals surface area contributed by atoms with E-state index in [2.05, 4.69) is 4.98 Å². The van der Waals surface area contributed by atoms with Crippen molar-refractivity contribution in [3.8, 4) is 5.75 Å². The van der Waals surface area contributed by atoms with Gasteiger partial charge in [0.05, 0.1) is 25.9 Å². The van der Waals surface area contributed by atoms with Gasteiger partial charge in [0.15, 0.2) is 0 Å². The van der Waals surface area contributed by atoms with Crippen molar-refractivity contribution < 1.29 is 24.5 Å². The largest absolute Gasteiger partial charge is 0.493 e. The summed E-state index contributed by atoms with van der Waals surface area (Å²) in [5.74, 6) is 1.16. The van der Waals surface area contributed by atoms with E-state index < -0.39 is 6.10 Å². The van der Waals surface area contributed by atoms with Crippen LogP contribution in [0.25, 0.3) is 10.9 Å². The van der Waals surface area contributed by atoms with E-state index in [1.165, 1.54) is 5.56 Å². The van der Waals surface area contributed by atoms with Gasteiger partial charge in [-0.3, -0.25) is 4.90 Å². The summed E-state index contributed by atoms with van der Waals surface area (Å²) >= 11 is 6.27. The lowest BCUT2D eigenvalue weighted by Gasteiger charge is -2.35. The molecule has 180 valence electrons. The van der Waals surface area contributed by atoms with Crippen LogP contribution in [0.2, 0.25) is 5.02 Å². The monoisotopic (exact) mass is 484 g/mol.